The van der Waals surface area contributed by atoms with Gasteiger partial charge in [0.1, 0.15) is 11.5 Å². The molecule has 12 heteroatoms. The molecule has 39 heavy (non-hydrogen) atoms. The van der Waals surface area contributed by atoms with Gasteiger partial charge in [-0.05, 0) is 32.2 Å². The van der Waals surface area contributed by atoms with Crippen molar-refractivity contribution in [2.24, 2.45) is 17.8 Å². The number of thioether (sulfide) groups is 1. The molecule has 0 aromatic rings. The normalized spacial score (nSPS) is 29.5. The van der Waals surface area contributed by atoms with Gasteiger partial charge in [-0.1, -0.05) is 13.8 Å². The third kappa shape index (κ3) is 6.17. The lowest BCUT2D eigenvalue weighted by Gasteiger charge is -2.47. The maximum atomic E-state index is 13.1. The van der Waals surface area contributed by atoms with Crippen molar-refractivity contribution in [2.45, 2.75) is 63.8 Å². The summed E-state index contributed by atoms with van der Waals surface area (Å²) in [4.78, 5) is 68.1. The third-order valence-corrected chi connectivity index (χ3v) is 9.94. The Balaban J connectivity index is 1.33. The van der Waals surface area contributed by atoms with Gasteiger partial charge >= 0.3 is 5.97 Å². The Labute approximate surface area is 234 Å². The summed E-state index contributed by atoms with van der Waals surface area (Å²) >= 11 is 1.45. The molecule has 0 aromatic heterocycles. The summed E-state index contributed by atoms with van der Waals surface area (Å²) in [6.07, 6.45) is 2.04. The Morgan fingerprint density at radius 1 is 1.21 bits per heavy atom. The summed E-state index contributed by atoms with van der Waals surface area (Å²) in [6.45, 7) is 9.35. The predicted molar refractivity (Wildman–Crippen MR) is 147 cm³/mol. The smallest absolute Gasteiger partial charge is 0.353 e. The van der Waals surface area contributed by atoms with Gasteiger partial charge in [0.05, 0.1) is 18.0 Å². The van der Waals surface area contributed by atoms with E-state index in [0.717, 1.165) is 26.1 Å². The van der Waals surface area contributed by atoms with Gasteiger partial charge in [0.25, 0.3) is 0 Å². The molecule has 3 fully saturated rings. The molecule has 0 aliphatic carbocycles. The van der Waals surface area contributed by atoms with Crippen molar-refractivity contribution < 1.29 is 29.1 Å². The number of aliphatic carboxylic acids is 1. The van der Waals surface area contributed by atoms with E-state index in [2.05, 4.69) is 10.6 Å². The Morgan fingerprint density at radius 2 is 1.95 bits per heavy atom. The van der Waals surface area contributed by atoms with E-state index >= 15 is 0 Å². The fourth-order valence-corrected chi connectivity index (χ4v) is 7.88. The van der Waals surface area contributed by atoms with E-state index in [9.17, 15) is 29.1 Å². The highest BCUT2D eigenvalue weighted by molar-refractivity contribution is 8.03. The number of rotatable bonds is 10. The van der Waals surface area contributed by atoms with Crippen LogP contribution in [0.25, 0.3) is 0 Å². The van der Waals surface area contributed by atoms with Gasteiger partial charge in [-0.2, -0.15) is 0 Å². The number of nitrogens with zero attached hydrogens (tertiary/aromatic N) is 3. The van der Waals surface area contributed by atoms with Crippen LogP contribution in [0, 0.1) is 17.8 Å². The second-order valence-corrected chi connectivity index (χ2v) is 12.7. The number of hydrogen-bond donors (Lipinski definition) is 3. The first-order valence-corrected chi connectivity index (χ1v) is 14.8. The van der Waals surface area contributed by atoms with Crippen molar-refractivity contribution in [2.75, 3.05) is 46.3 Å². The lowest BCUT2D eigenvalue weighted by atomic mass is 9.73. The van der Waals surface area contributed by atoms with Gasteiger partial charge in [0, 0.05) is 68.7 Å². The van der Waals surface area contributed by atoms with Crippen LogP contribution in [-0.4, -0.2) is 113 Å². The minimum absolute atomic E-state index is 0.0155. The van der Waals surface area contributed by atoms with E-state index in [1.165, 1.54) is 23.6 Å². The first-order chi connectivity index (χ1) is 18.5. The van der Waals surface area contributed by atoms with Crippen molar-refractivity contribution in [3.63, 3.8) is 0 Å². The fourth-order valence-electron chi connectivity index (χ4n) is 6.40. The molecule has 4 heterocycles. The SMILES string of the molecule is CC(=O)C[C@H](C)[C@H]1C(=O)N2C(C(=O)O)=C(S[C@@H]3CN[C@H](C(=O)N(C)CCC(=O)N4CCCNCC4)C3)[C@H](C)[C@H]12. The Kier molecular flexibility index (Phi) is 9.38. The van der Waals surface area contributed by atoms with Crippen molar-refractivity contribution >= 4 is 41.2 Å². The van der Waals surface area contributed by atoms with Crippen LogP contribution < -0.4 is 10.6 Å². The number of amides is 3. The van der Waals surface area contributed by atoms with Gasteiger partial charge in [0.15, 0.2) is 0 Å². The predicted octanol–water partition coefficient (Wildman–Crippen LogP) is 0.509. The van der Waals surface area contributed by atoms with Crippen LogP contribution in [0.5, 0.6) is 0 Å². The van der Waals surface area contributed by atoms with Crippen molar-refractivity contribution in [3.8, 4) is 0 Å². The molecule has 0 spiro atoms. The number of carboxylic acids is 1. The molecule has 11 nitrogen and oxygen atoms in total. The molecule has 216 valence electrons. The zero-order valence-corrected chi connectivity index (χ0v) is 24.1. The zero-order valence-electron chi connectivity index (χ0n) is 23.3. The van der Waals surface area contributed by atoms with E-state index in [1.807, 2.05) is 18.7 Å². The summed E-state index contributed by atoms with van der Waals surface area (Å²) < 4.78 is 0. The van der Waals surface area contributed by atoms with Crippen LogP contribution in [0.1, 0.15) is 46.5 Å². The molecule has 4 rings (SSSR count). The Hall–Kier alpha value is -2.44. The number of carboxylic acid groups (broad SMARTS) is 1. The standard InChI is InChI=1S/C27H41N5O6S/c1-15(12-16(2)33)21-22-17(3)24(23(27(37)38)32(22)26(21)36)39-18-13-19(29-14-18)25(35)30(4)10-6-20(34)31-9-5-7-28-8-11-31/h15,17-19,21-22,28-29H,5-14H2,1-4H3,(H,37,38)/t15-,17+,18-,19-,21+,22+/m0/s1. The molecular formula is C27H41N5O6S. The molecule has 3 N–H and O–H groups in total. The number of carbonyl (C=O) groups excluding carboxylic acids is 4. The van der Waals surface area contributed by atoms with E-state index < -0.39 is 12.0 Å². The highest BCUT2D eigenvalue weighted by Crippen LogP contribution is 2.53. The molecule has 4 aliphatic heterocycles. The van der Waals surface area contributed by atoms with E-state index in [4.69, 9.17) is 0 Å². The van der Waals surface area contributed by atoms with Gasteiger partial charge in [-0.15, -0.1) is 11.8 Å². The topological polar surface area (TPSA) is 139 Å². The van der Waals surface area contributed by atoms with Crippen LogP contribution >= 0.6 is 11.8 Å². The number of ketones is 1. The molecule has 0 bridgehead atoms. The third-order valence-electron chi connectivity index (χ3n) is 8.43. The Bertz CT molecular complexity index is 1040. The number of fused-ring (bicyclic) bond motifs is 1. The number of β-lactam (4-membered cyclic amide) rings is 1. The fraction of sp³-hybridized carbons (Fsp3) is 0.741. The molecule has 0 saturated carbocycles. The number of Topliss-reactive ketones (excluding diaryl/α,β-unsaturated/α-hetero) is 1. The minimum atomic E-state index is -1.12. The lowest BCUT2D eigenvalue weighted by molar-refractivity contribution is -0.160. The largest absolute Gasteiger partial charge is 0.477 e. The summed E-state index contributed by atoms with van der Waals surface area (Å²) in [6, 6.07) is -0.659. The first-order valence-electron chi connectivity index (χ1n) is 13.9. The summed E-state index contributed by atoms with van der Waals surface area (Å²) in [5.41, 5.74) is 0.0443. The van der Waals surface area contributed by atoms with Crippen molar-refractivity contribution in [1.29, 1.82) is 0 Å². The van der Waals surface area contributed by atoms with Gasteiger partial charge < -0.3 is 35.2 Å². The van der Waals surface area contributed by atoms with Crippen molar-refractivity contribution in [3.05, 3.63) is 10.6 Å². The van der Waals surface area contributed by atoms with Crippen LogP contribution in [0.4, 0.5) is 0 Å². The summed E-state index contributed by atoms with van der Waals surface area (Å²) in [5, 5.41) is 16.5. The van der Waals surface area contributed by atoms with Gasteiger partial charge in [-0.3, -0.25) is 14.4 Å². The van der Waals surface area contributed by atoms with E-state index in [1.54, 1.807) is 11.9 Å². The molecule has 6 atom stereocenters. The highest BCUT2D eigenvalue weighted by atomic mass is 32.2. The molecule has 4 aliphatic rings. The maximum Gasteiger partial charge on any atom is 0.353 e. The van der Waals surface area contributed by atoms with Crippen LogP contribution in [0.2, 0.25) is 0 Å². The molecule has 3 amide bonds. The maximum absolute atomic E-state index is 13.1. The molecule has 0 radical (unpaired) electrons. The van der Waals surface area contributed by atoms with E-state index in [-0.39, 0.29) is 64.7 Å². The van der Waals surface area contributed by atoms with Gasteiger partial charge in [-0.25, -0.2) is 4.79 Å². The molecule has 0 aromatic carbocycles. The number of hydrogen-bond acceptors (Lipinski definition) is 8. The average molecular weight is 564 g/mol. The van der Waals surface area contributed by atoms with Crippen molar-refractivity contribution in [1.82, 2.24) is 25.3 Å². The monoisotopic (exact) mass is 563 g/mol. The molecular weight excluding hydrogens is 522 g/mol. The van der Waals surface area contributed by atoms with Crippen LogP contribution in [0.15, 0.2) is 10.6 Å². The zero-order chi connectivity index (χ0) is 28.4. The van der Waals surface area contributed by atoms with Crippen LogP contribution in [0.3, 0.4) is 0 Å². The van der Waals surface area contributed by atoms with Gasteiger partial charge in [0.2, 0.25) is 17.7 Å². The Morgan fingerprint density at radius 3 is 2.64 bits per heavy atom. The first kappa shape index (κ1) is 29.5. The number of carbonyl (C=O) groups is 5. The lowest BCUT2D eigenvalue weighted by Crippen LogP contribution is -2.62. The number of likely N-dealkylation sites (N-methyl/N-ethyl adjacent to an activating group) is 1. The summed E-state index contributed by atoms with van der Waals surface area (Å²) in [7, 11) is 1.71. The average Bonchev–Trinajstić information content (AvgIpc) is 3.30. The van der Waals surface area contributed by atoms with Crippen LogP contribution in [-0.2, 0) is 24.0 Å². The minimum Gasteiger partial charge on any atom is -0.477 e. The molecule has 0 unspecified atom stereocenters. The highest BCUT2D eigenvalue weighted by Gasteiger charge is 2.60. The quantitative estimate of drug-likeness (QED) is 0.325. The summed E-state index contributed by atoms with van der Waals surface area (Å²) in [5.74, 6) is -2.02. The van der Waals surface area contributed by atoms with E-state index in [0.29, 0.717) is 37.4 Å². The second-order valence-electron chi connectivity index (χ2n) is 11.3. The second kappa shape index (κ2) is 12.4. The number of nitrogens with one attached hydrogen (secondary N) is 2. The molecule has 3 saturated heterocycles.